The van der Waals surface area contributed by atoms with Gasteiger partial charge in [0.05, 0.1) is 18.1 Å². The highest BCUT2D eigenvalue weighted by atomic mass is 16.5. The maximum Gasteiger partial charge on any atom is 0.227 e. The molecule has 4 nitrogen and oxygen atoms in total. The summed E-state index contributed by atoms with van der Waals surface area (Å²) in [6.07, 6.45) is 6.17. The van der Waals surface area contributed by atoms with Gasteiger partial charge in [0.25, 0.3) is 0 Å². The molecule has 4 heteroatoms. The topological polar surface area (TPSA) is 50.4 Å². The Hall–Kier alpha value is -0.610. The van der Waals surface area contributed by atoms with Gasteiger partial charge in [-0.1, -0.05) is 26.7 Å². The highest BCUT2D eigenvalue weighted by Crippen LogP contribution is 2.32. The first-order valence-electron chi connectivity index (χ1n) is 7.69. The Morgan fingerprint density at radius 2 is 2.21 bits per heavy atom. The predicted octanol–water partition coefficient (Wildman–Crippen LogP) is 2.09. The van der Waals surface area contributed by atoms with Crippen LogP contribution in [0.4, 0.5) is 0 Å². The van der Waals surface area contributed by atoms with E-state index in [1.165, 1.54) is 0 Å². The van der Waals surface area contributed by atoms with Gasteiger partial charge in [-0.05, 0) is 32.2 Å². The lowest BCUT2D eigenvalue weighted by atomic mass is 9.76. The van der Waals surface area contributed by atoms with Crippen LogP contribution >= 0.6 is 0 Å². The molecule has 1 rings (SSSR count). The molecule has 1 heterocycles. The Morgan fingerprint density at radius 3 is 2.74 bits per heavy atom. The average molecular weight is 270 g/mol. The smallest absolute Gasteiger partial charge is 0.227 e. The molecular weight excluding hydrogens is 240 g/mol. The van der Waals surface area contributed by atoms with E-state index in [0.717, 1.165) is 51.6 Å². The Labute approximate surface area is 117 Å². The zero-order chi connectivity index (χ0) is 14.1. The molecule has 1 aliphatic rings. The number of piperidine rings is 1. The van der Waals surface area contributed by atoms with Gasteiger partial charge in [0.15, 0.2) is 0 Å². The van der Waals surface area contributed by atoms with Gasteiger partial charge in [-0.25, -0.2) is 0 Å². The van der Waals surface area contributed by atoms with Gasteiger partial charge in [0.2, 0.25) is 5.91 Å². The molecule has 1 fully saturated rings. The minimum Gasteiger partial charge on any atom is -0.383 e. The maximum absolute atomic E-state index is 12.7. The van der Waals surface area contributed by atoms with Gasteiger partial charge >= 0.3 is 0 Å². The molecule has 0 aromatic carbocycles. The molecule has 112 valence electrons. The van der Waals surface area contributed by atoms with Crippen molar-refractivity contribution in [3.05, 3.63) is 0 Å². The fraction of sp³-hybridized carbons (Fsp3) is 0.933. The summed E-state index contributed by atoms with van der Waals surface area (Å²) in [5.74, 6) is 0.219. The van der Waals surface area contributed by atoms with Crippen molar-refractivity contribution in [2.24, 2.45) is 5.41 Å². The molecular formula is C15H30N2O2. The van der Waals surface area contributed by atoms with Crippen LogP contribution in [0.15, 0.2) is 0 Å². The van der Waals surface area contributed by atoms with Crippen molar-refractivity contribution in [2.75, 3.05) is 26.8 Å². The van der Waals surface area contributed by atoms with E-state index < -0.39 is 0 Å². The number of carbonyl (C=O) groups is 1. The van der Waals surface area contributed by atoms with Crippen LogP contribution in [0.3, 0.4) is 0 Å². The molecule has 0 spiro atoms. The van der Waals surface area contributed by atoms with Crippen molar-refractivity contribution in [3.63, 3.8) is 0 Å². The number of hydrogen-bond donors (Lipinski definition) is 2. The molecule has 2 unspecified atom stereocenters. The third kappa shape index (κ3) is 4.77. The van der Waals surface area contributed by atoms with Gasteiger partial charge in [0, 0.05) is 13.7 Å². The van der Waals surface area contributed by atoms with E-state index in [1.807, 2.05) is 0 Å². The number of carbonyl (C=O) groups excluding carboxylic acids is 1. The molecule has 0 radical (unpaired) electrons. The number of amides is 1. The van der Waals surface area contributed by atoms with E-state index in [-0.39, 0.29) is 17.4 Å². The Bertz CT molecular complexity index is 251. The summed E-state index contributed by atoms with van der Waals surface area (Å²) < 4.78 is 5.21. The molecule has 1 saturated heterocycles. The largest absolute Gasteiger partial charge is 0.383 e. The van der Waals surface area contributed by atoms with Gasteiger partial charge in [-0.15, -0.1) is 0 Å². The maximum atomic E-state index is 12.7. The molecule has 0 aromatic rings. The van der Waals surface area contributed by atoms with Crippen molar-refractivity contribution in [1.82, 2.24) is 10.6 Å². The monoisotopic (exact) mass is 270 g/mol. The van der Waals surface area contributed by atoms with Crippen molar-refractivity contribution >= 4 is 5.91 Å². The lowest BCUT2D eigenvalue weighted by Crippen LogP contribution is -2.53. The SMILES string of the molecule is CCCC(COC)NC(=O)C1(CCC)CCCNC1. The third-order valence-electron chi connectivity index (χ3n) is 4.02. The van der Waals surface area contributed by atoms with Gasteiger partial charge in [-0.2, -0.15) is 0 Å². The molecule has 0 bridgehead atoms. The lowest BCUT2D eigenvalue weighted by molar-refractivity contribution is -0.133. The fourth-order valence-electron chi connectivity index (χ4n) is 3.05. The number of ether oxygens (including phenoxy) is 1. The molecule has 2 atom stereocenters. The highest BCUT2D eigenvalue weighted by molar-refractivity contribution is 5.83. The zero-order valence-corrected chi connectivity index (χ0v) is 12.8. The Balaban J connectivity index is 2.64. The molecule has 0 aliphatic carbocycles. The first kappa shape index (κ1) is 16.4. The zero-order valence-electron chi connectivity index (χ0n) is 12.8. The summed E-state index contributed by atoms with van der Waals surface area (Å²) in [7, 11) is 1.69. The van der Waals surface area contributed by atoms with Crippen LogP contribution in [-0.2, 0) is 9.53 Å². The second-order valence-electron chi connectivity index (χ2n) is 5.73. The number of rotatable bonds is 8. The molecule has 0 saturated carbocycles. The van der Waals surface area contributed by atoms with Gasteiger partial charge in [-0.3, -0.25) is 4.79 Å². The van der Waals surface area contributed by atoms with E-state index in [2.05, 4.69) is 24.5 Å². The number of nitrogens with one attached hydrogen (secondary N) is 2. The second-order valence-corrected chi connectivity index (χ2v) is 5.73. The van der Waals surface area contributed by atoms with E-state index in [0.29, 0.717) is 6.61 Å². The van der Waals surface area contributed by atoms with E-state index in [4.69, 9.17) is 4.74 Å². The van der Waals surface area contributed by atoms with E-state index in [9.17, 15) is 4.79 Å². The Morgan fingerprint density at radius 1 is 1.42 bits per heavy atom. The normalized spacial score (nSPS) is 25.0. The molecule has 19 heavy (non-hydrogen) atoms. The Kier molecular flexibility index (Phi) is 7.39. The fourth-order valence-corrected chi connectivity index (χ4v) is 3.05. The molecule has 1 amide bonds. The minimum atomic E-state index is -0.202. The predicted molar refractivity (Wildman–Crippen MR) is 78.2 cm³/mol. The standard InChI is InChI=1S/C15H30N2O2/c1-4-7-13(11-19-3)17-14(18)15(8-5-2)9-6-10-16-12-15/h13,16H,4-12H2,1-3H3,(H,17,18). The molecule has 2 N–H and O–H groups in total. The summed E-state index contributed by atoms with van der Waals surface area (Å²) in [5, 5.41) is 6.60. The van der Waals surface area contributed by atoms with Crippen LogP contribution in [0.2, 0.25) is 0 Å². The molecule has 1 aliphatic heterocycles. The van der Waals surface area contributed by atoms with Crippen LogP contribution in [0.5, 0.6) is 0 Å². The summed E-state index contributed by atoms with van der Waals surface area (Å²) >= 11 is 0. The van der Waals surface area contributed by atoms with E-state index >= 15 is 0 Å². The van der Waals surface area contributed by atoms with Crippen LogP contribution in [0.25, 0.3) is 0 Å². The summed E-state index contributed by atoms with van der Waals surface area (Å²) in [5.41, 5.74) is -0.202. The van der Waals surface area contributed by atoms with Crippen LogP contribution in [0, 0.1) is 5.41 Å². The quantitative estimate of drug-likeness (QED) is 0.710. The first-order valence-corrected chi connectivity index (χ1v) is 7.69. The van der Waals surface area contributed by atoms with Crippen LogP contribution in [-0.4, -0.2) is 38.8 Å². The average Bonchev–Trinajstić information content (AvgIpc) is 2.40. The van der Waals surface area contributed by atoms with Crippen molar-refractivity contribution in [3.8, 4) is 0 Å². The van der Waals surface area contributed by atoms with Crippen molar-refractivity contribution in [1.29, 1.82) is 0 Å². The highest BCUT2D eigenvalue weighted by Gasteiger charge is 2.39. The second kappa shape index (κ2) is 8.54. The lowest BCUT2D eigenvalue weighted by Gasteiger charge is -2.37. The summed E-state index contributed by atoms with van der Waals surface area (Å²) in [6.45, 7) is 6.75. The minimum absolute atomic E-state index is 0.151. The van der Waals surface area contributed by atoms with Crippen LogP contribution in [0.1, 0.15) is 52.4 Å². The summed E-state index contributed by atoms with van der Waals surface area (Å²) in [6, 6.07) is 0.151. The van der Waals surface area contributed by atoms with Crippen LogP contribution < -0.4 is 10.6 Å². The van der Waals surface area contributed by atoms with Crippen molar-refractivity contribution in [2.45, 2.75) is 58.4 Å². The summed E-state index contributed by atoms with van der Waals surface area (Å²) in [4.78, 5) is 12.7. The molecule has 0 aromatic heterocycles. The van der Waals surface area contributed by atoms with Gasteiger partial charge < -0.3 is 15.4 Å². The third-order valence-corrected chi connectivity index (χ3v) is 4.02. The van der Waals surface area contributed by atoms with Crippen molar-refractivity contribution < 1.29 is 9.53 Å². The van der Waals surface area contributed by atoms with E-state index in [1.54, 1.807) is 7.11 Å². The first-order chi connectivity index (χ1) is 9.18. The number of hydrogen-bond acceptors (Lipinski definition) is 3. The number of methoxy groups -OCH3 is 1. The van der Waals surface area contributed by atoms with Gasteiger partial charge in [0.1, 0.15) is 0 Å².